The molecule has 2 N–H and O–H groups in total. The number of rotatable bonds is 3. The van der Waals surface area contributed by atoms with Gasteiger partial charge in [0.05, 0.1) is 12.1 Å². The molecular formula is C10H10N2O2S. The Morgan fingerprint density at radius 2 is 2.47 bits per heavy atom. The molecular weight excluding hydrogens is 212 g/mol. The molecule has 4 nitrogen and oxygen atoms in total. The first kappa shape index (κ1) is 9.92. The maximum Gasteiger partial charge on any atom is 0.307 e. The number of thiophene rings is 1. The third-order valence-electron chi connectivity index (χ3n) is 2.20. The fourth-order valence-electron chi connectivity index (χ4n) is 1.46. The van der Waals surface area contributed by atoms with Gasteiger partial charge in [-0.3, -0.25) is 9.89 Å². The minimum Gasteiger partial charge on any atom is -0.481 e. The van der Waals surface area contributed by atoms with E-state index in [0.29, 0.717) is 0 Å². The largest absolute Gasteiger partial charge is 0.481 e. The maximum atomic E-state index is 10.7. The van der Waals surface area contributed by atoms with E-state index in [1.54, 1.807) is 11.3 Å². The zero-order chi connectivity index (χ0) is 10.8. The van der Waals surface area contributed by atoms with Crippen LogP contribution in [0.3, 0.4) is 0 Å². The Balaban J connectivity index is 2.44. The lowest BCUT2D eigenvalue weighted by Gasteiger charge is -1.98. The highest BCUT2D eigenvalue weighted by Crippen LogP contribution is 2.25. The van der Waals surface area contributed by atoms with Crippen molar-refractivity contribution in [1.82, 2.24) is 10.2 Å². The molecule has 0 radical (unpaired) electrons. The van der Waals surface area contributed by atoms with Gasteiger partial charge < -0.3 is 5.11 Å². The smallest absolute Gasteiger partial charge is 0.307 e. The van der Waals surface area contributed by atoms with Crippen LogP contribution in [0.1, 0.15) is 11.3 Å². The summed E-state index contributed by atoms with van der Waals surface area (Å²) in [5, 5.41) is 19.7. The SMILES string of the molecule is Cc1[nH]nc(-c2ccsc2)c1CC(=O)O. The van der Waals surface area contributed by atoms with E-state index in [1.807, 2.05) is 23.8 Å². The van der Waals surface area contributed by atoms with Crippen LogP contribution < -0.4 is 0 Å². The molecule has 0 spiro atoms. The average molecular weight is 222 g/mol. The van der Waals surface area contributed by atoms with Gasteiger partial charge in [-0.15, -0.1) is 0 Å². The highest BCUT2D eigenvalue weighted by atomic mass is 32.1. The summed E-state index contributed by atoms with van der Waals surface area (Å²) < 4.78 is 0. The van der Waals surface area contributed by atoms with Gasteiger partial charge in [-0.25, -0.2) is 0 Å². The molecule has 5 heteroatoms. The van der Waals surface area contributed by atoms with E-state index in [4.69, 9.17) is 5.11 Å². The van der Waals surface area contributed by atoms with Crippen LogP contribution in [0.2, 0.25) is 0 Å². The van der Waals surface area contributed by atoms with Crippen molar-refractivity contribution in [2.45, 2.75) is 13.3 Å². The highest BCUT2D eigenvalue weighted by Gasteiger charge is 2.14. The van der Waals surface area contributed by atoms with Gasteiger partial charge >= 0.3 is 5.97 Å². The Hall–Kier alpha value is -1.62. The minimum absolute atomic E-state index is 0.00745. The lowest BCUT2D eigenvalue weighted by Crippen LogP contribution is -2.01. The van der Waals surface area contributed by atoms with E-state index in [0.717, 1.165) is 22.5 Å². The van der Waals surface area contributed by atoms with Crippen molar-refractivity contribution in [3.63, 3.8) is 0 Å². The molecule has 0 atom stereocenters. The summed E-state index contributed by atoms with van der Waals surface area (Å²) in [5.74, 6) is -0.837. The van der Waals surface area contributed by atoms with E-state index in [1.165, 1.54) is 0 Å². The summed E-state index contributed by atoms with van der Waals surface area (Å²) >= 11 is 1.57. The molecule has 0 saturated carbocycles. The second kappa shape index (κ2) is 3.86. The van der Waals surface area contributed by atoms with Gasteiger partial charge in [0, 0.05) is 22.2 Å². The second-order valence-electron chi connectivity index (χ2n) is 3.26. The van der Waals surface area contributed by atoms with E-state index in [9.17, 15) is 4.79 Å². The summed E-state index contributed by atoms with van der Waals surface area (Å²) in [4.78, 5) is 10.7. The Morgan fingerprint density at radius 3 is 3.07 bits per heavy atom. The number of hydrogen-bond donors (Lipinski definition) is 2. The number of aliphatic carboxylic acids is 1. The Bertz CT molecular complexity index is 474. The molecule has 0 aliphatic rings. The second-order valence-corrected chi connectivity index (χ2v) is 4.04. The normalized spacial score (nSPS) is 10.5. The summed E-state index contributed by atoms with van der Waals surface area (Å²) in [6.45, 7) is 1.83. The van der Waals surface area contributed by atoms with Crippen molar-refractivity contribution in [2.75, 3.05) is 0 Å². The molecule has 0 saturated heterocycles. The van der Waals surface area contributed by atoms with Crippen LogP contribution in [-0.2, 0) is 11.2 Å². The lowest BCUT2D eigenvalue weighted by molar-refractivity contribution is -0.136. The fraction of sp³-hybridized carbons (Fsp3) is 0.200. The van der Waals surface area contributed by atoms with Crippen LogP contribution in [0.4, 0.5) is 0 Å². The molecule has 0 aliphatic carbocycles. The van der Waals surface area contributed by atoms with Crippen molar-refractivity contribution in [3.05, 3.63) is 28.1 Å². The first-order chi connectivity index (χ1) is 7.18. The van der Waals surface area contributed by atoms with Crippen molar-refractivity contribution in [1.29, 1.82) is 0 Å². The summed E-state index contributed by atoms with van der Waals surface area (Å²) in [7, 11) is 0. The third-order valence-corrected chi connectivity index (χ3v) is 2.88. The van der Waals surface area contributed by atoms with Gasteiger partial charge in [-0.05, 0) is 18.4 Å². The quantitative estimate of drug-likeness (QED) is 0.835. The summed E-state index contributed by atoms with van der Waals surface area (Å²) in [6.07, 6.45) is 0.00745. The molecule has 0 aliphatic heterocycles. The van der Waals surface area contributed by atoms with Gasteiger partial charge in [0.2, 0.25) is 0 Å². The number of aromatic amines is 1. The van der Waals surface area contributed by atoms with Crippen molar-refractivity contribution >= 4 is 17.3 Å². The van der Waals surface area contributed by atoms with Crippen molar-refractivity contribution in [3.8, 4) is 11.3 Å². The predicted octanol–water partition coefficient (Wildman–Crippen LogP) is 2.07. The van der Waals surface area contributed by atoms with Gasteiger partial charge in [-0.2, -0.15) is 16.4 Å². The topological polar surface area (TPSA) is 66.0 Å². The molecule has 15 heavy (non-hydrogen) atoms. The Morgan fingerprint density at radius 1 is 1.67 bits per heavy atom. The molecule has 2 aromatic heterocycles. The van der Waals surface area contributed by atoms with Crippen LogP contribution in [0.5, 0.6) is 0 Å². The number of carboxylic acid groups (broad SMARTS) is 1. The van der Waals surface area contributed by atoms with E-state index < -0.39 is 5.97 Å². The van der Waals surface area contributed by atoms with E-state index in [2.05, 4.69) is 10.2 Å². The standard InChI is InChI=1S/C10H10N2O2S/c1-6-8(4-9(13)14)10(12-11-6)7-2-3-15-5-7/h2-3,5H,4H2,1H3,(H,11,12)(H,13,14). The van der Waals surface area contributed by atoms with E-state index >= 15 is 0 Å². The number of hydrogen-bond acceptors (Lipinski definition) is 3. The Labute approximate surface area is 90.6 Å². The van der Waals surface area contributed by atoms with Gasteiger partial charge in [0.1, 0.15) is 0 Å². The number of nitrogens with one attached hydrogen (secondary N) is 1. The molecule has 0 amide bonds. The molecule has 78 valence electrons. The van der Waals surface area contributed by atoms with Crippen molar-refractivity contribution < 1.29 is 9.90 Å². The van der Waals surface area contributed by atoms with Gasteiger partial charge in [0.25, 0.3) is 0 Å². The molecule has 0 unspecified atom stereocenters. The number of carbonyl (C=O) groups is 1. The molecule has 2 heterocycles. The summed E-state index contributed by atoms with van der Waals surface area (Å²) in [6, 6.07) is 1.94. The van der Waals surface area contributed by atoms with Crippen molar-refractivity contribution in [2.24, 2.45) is 0 Å². The predicted molar refractivity (Wildman–Crippen MR) is 58.0 cm³/mol. The van der Waals surface area contributed by atoms with E-state index in [-0.39, 0.29) is 6.42 Å². The zero-order valence-electron chi connectivity index (χ0n) is 8.15. The van der Waals surface area contributed by atoms with Crippen LogP contribution in [-0.4, -0.2) is 21.3 Å². The zero-order valence-corrected chi connectivity index (χ0v) is 8.97. The Kier molecular flexibility index (Phi) is 2.55. The first-order valence-corrected chi connectivity index (χ1v) is 5.41. The summed E-state index contributed by atoms with van der Waals surface area (Å²) in [5.41, 5.74) is 3.30. The van der Waals surface area contributed by atoms with Crippen LogP contribution in [0.25, 0.3) is 11.3 Å². The lowest BCUT2D eigenvalue weighted by atomic mass is 10.1. The molecule has 0 fully saturated rings. The van der Waals surface area contributed by atoms with Gasteiger partial charge in [-0.1, -0.05) is 0 Å². The first-order valence-electron chi connectivity index (χ1n) is 4.46. The number of nitrogens with zero attached hydrogens (tertiary/aromatic N) is 1. The van der Waals surface area contributed by atoms with Crippen LogP contribution in [0, 0.1) is 6.92 Å². The molecule has 2 aromatic rings. The maximum absolute atomic E-state index is 10.7. The third kappa shape index (κ3) is 1.92. The number of carboxylic acids is 1. The highest BCUT2D eigenvalue weighted by molar-refractivity contribution is 7.08. The minimum atomic E-state index is -0.837. The molecule has 0 aromatic carbocycles. The molecule has 2 rings (SSSR count). The number of H-pyrrole nitrogens is 1. The van der Waals surface area contributed by atoms with Crippen LogP contribution >= 0.6 is 11.3 Å². The molecule has 0 bridgehead atoms. The van der Waals surface area contributed by atoms with Crippen LogP contribution in [0.15, 0.2) is 16.8 Å². The fourth-order valence-corrected chi connectivity index (χ4v) is 2.10. The number of aromatic nitrogens is 2. The number of aryl methyl sites for hydroxylation is 1. The average Bonchev–Trinajstić information content (AvgIpc) is 2.76. The monoisotopic (exact) mass is 222 g/mol. The van der Waals surface area contributed by atoms with Gasteiger partial charge in [0.15, 0.2) is 0 Å².